The van der Waals surface area contributed by atoms with Crippen molar-refractivity contribution in [1.82, 2.24) is 4.90 Å². The van der Waals surface area contributed by atoms with Crippen LogP contribution in [0.15, 0.2) is 47.5 Å². The van der Waals surface area contributed by atoms with E-state index in [1.54, 1.807) is 6.21 Å². The number of anilines is 1. The molecule has 30 heavy (non-hydrogen) atoms. The van der Waals surface area contributed by atoms with Crippen molar-refractivity contribution in [3.63, 3.8) is 0 Å². The molecule has 2 aliphatic rings. The summed E-state index contributed by atoms with van der Waals surface area (Å²) in [5.74, 6) is 0.510. The molecule has 2 heterocycles. The zero-order valence-electron chi connectivity index (χ0n) is 17.8. The average Bonchev–Trinajstić information content (AvgIpc) is 3.10. The van der Waals surface area contributed by atoms with E-state index in [1.165, 1.54) is 45.3 Å². The summed E-state index contributed by atoms with van der Waals surface area (Å²) in [6, 6.07) is 13.7. The molecule has 0 spiro atoms. The van der Waals surface area contributed by atoms with Crippen LogP contribution in [0.5, 0.6) is 5.75 Å². The number of nitrogens with zero attached hydrogens (tertiary/aromatic N) is 2. The van der Waals surface area contributed by atoms with Crippen molar-refractivity contribution in [2.24, 2.45) is 4.99 Å². The Kier molecular flexibility index (Phi) is 6.80. The van der Waals surface area contributed by atoms with Crippen LogP contribution in [0.4, 0.5) is 11.4 Å². The van der Waals surface area contributed by atoms with Crippen LogP contribution in [0, 0.1) is 6.92 Å². The Morgan fingerprint density at radius 3 is 2.70 bits per heavy atom. The van der Waals surface area contributed by atoms with Gasteiger partial charge in [-0.2, -0.15) is 0 Å². The van der Waals surface area contributed by atoms with E-state index in [0.29, 0.717) is 0 Å². The molecule has 1 unspecified atom stereocenters. The van der Waals surface area contributed by atoms with Gasteiger partial charge in [0.25, 0.3) is 0 Å². The molecule has 4 rings (SSSR count). The van der Waals surface area contributed by atoms with E-state index >= 15 is 0 Å². The van der Waals surface area contributed by atoms with Crippen molar-refractivity contribution in [3.05, 3.63) is 53.6 Å². The van der Waals surface area contributed by atoms with Gasteiger partial charge in [-0.15, -0.1) is 0 Å². The number of hydrogen-bond acceptors (Lipinski definition) is 4. The van der Waals surface area contributed by atoms with Gasteiger partial charge < -0.3 is 15.0 Å². The summed E-state index contributed by atoms with van der Waals surface area (Å²) < 4.78 is 5.87. The van der Waals surface area contributed by atoms with Gasteiger partial charge in [0.1, 0.15) is 11.7 Å². The highest BCUT2D eigenvalue weighted by Crippen LogP contribution is 2.34. The summed E-state index contributed by atoms with van der Waals surface area (Å²) in [4.78, 5) is 19.4. The van der Waals surface area contributed by atoms with Crippen molar-refractivity contribution in [3.8, 4) is 5.75 Å². The molecular weight excluding hydrogens is 374 g/mol. The molecule has 0 radical (unpaired) electrons. The lowest BCUT2D eigenvalue weighted by atomic mass is 9.97. The summed E-state index contributed by atoms with van der Waals surface area (Å²) in [5, 5.41) is 2.93. The first-order valence-electron chi connectivity index (χ1n) is 11.1. The fraction of sp³-hybridized carbons (Fsp3) is 0.440. The third-order valence-electron chi connectivity index (χ3n) is 5.97. The number of carbonyl (C=O) groups excluding carboxylic acids is 1. The summed E-state index contributed by atoms with van der Waals surface area (Å²) in [6.07, 6.45) is 8.09. The van der Waals surface area contributed by atoms with Gasteiger partial charge in [-0.25, -0.2) is 0 Å². The Morgan fingerprint density at radius 1 is 1.10 bits per heavy atom. The topological polar surface area (TPSA) is 53.9 Å². The maximum absolute atomic E-state index is 12.3. The number of aliphatic imine (C=N–C) groups is 1. The lowest BCUT2D eigenvalue weighted by Gasteiger charge is -2.26. The molecule has 1 atom stereocenters. The zero-order chi connectivity index (χ0) is 20.8. The lowest BCUT2D eigenvalue weighted by Crippen LogP contribution is -2.30. The molecule has 2 aliphatic heterocycles. The number of unbranched alkanes of at least 4 members (excludes halogenated alkanes) is 1. The van der Waals surface area contributed by atoms with Crippen LogP contribution in [0.3, 0.4) is 0 Å². The number of fused-ring (bicyclic) bond motifs is 1. The number of piperidine rings is 1. The minimum Gasteiger partial charge on any atom is -0.494 e. The number of rotatable bonds is 8. The maximum atomic E-state index is 12.3. The molecule has 1 amide bonds. The number of benzene rings is 2. The first-order chi connectivity index (χ1) is 14.7. The quantitative estimate of drug-likeness (QED) is 0.492. The van der Waals surface area contributed by atoms with Gasteiger partial charge in [0.2, 0.25) is 5.91 Å². The Bertz CT molecular complexity index is 886. The van der Waals surface area contributed by atoms with Gasteiger partial charge in [-0.3, -0.25) is 9.79 Å². The van der Waals surface area contributed by atoms with Crippen LogP contribution in [-0.4, -0.2) is 43.3 Å². The third kappa shape index (κ3) is 5.08. The molecule has 5 heteroatoms. The molecule has 0 saturated carbocycles. The van der Waals surface area contributed by atoms with E-state index in [1.807, 2.05) is 49.4 Å². The highest BCUT2D eigenvalue weighted by molar-refractivity contribution is 6.13. The van der Waals surface area contributed by atoms with Gasteiger partial charge >= 0.3 is 0 Å². The zero-order valence-corrected chi connectivity index (χ0v) is 17.8. The molecule has 0 aromatic heterocycles. The number of hydrogen-bond donors (Lipinski definition) is 1. The van der Waals surface area contributed by atoms with Gasteiger partial charge in [-0.1, -0.05) is 18.6 Å². The summed E-state index contributed by atoms with van der Waals surface area (Å²) in [7, 11) is 0. The van der Waals surface area contributed by atoms with Crippen LogP contribution in [0.2, 0.25) is 0 Å². The first-order valence-corrected chi connectivity index (χ1v) is 11.1. The number of aryl methyl sites for hydroxylation is 1. The summed E-state index contributed by atoms with van der Waals surface area (Å²) in [5.41, 5.74) is 3.84. The molecule has 1 saturated heterocycles. The number of amides is 1. The maximum Gasteiger partial charge on any atom is 0.237 e. The number of nitrogens with one attached hydrogen (secondary N) is 1. The smallest absolute Gasteiger partial charge is 0.237 e. The first kappa shape index (κ1) is 20.6. The van der Waals surface area contributed by atoms with Crippen molar-refractivity contribution >= 4 is 23.5 Å². The molecule has 158 valence electrons. The predicted octanol–water partition coefficient (Wildman–Crippen LogP) is 5.08. The second kappa shape index (κ2) is 9.90. The molecule has 2 aromatic carbocycles. The van der Waals surface area contributed by atoms with E-state index < -0.39 is 0 Å². The fourth-order valence-electron chi connectivity index (χ4n) is 4.29. The number of ether oxygens (including phenoxy) is 1. The molecule has 1 fully saturated rings. The van der Waals surface area contributed by atoms with Crippen LogP contribution < -0.4 is 10.1 Å². The highest BCUT2D eigenvalue weighted by Gasteiger charge is 2.30. The van der Waals surface area contributed by atoms with Crippen molar-refractivity contribution in [2.75, 3.05) is 31.6 Å². The molecule has 2 aromatic rings. The standard InChI is InChI=1S/C25H31N3O2/c1-19-8-7-9-23-24(19)22(25(29)27-23)18-26-20-10-12-21(13-11-20)30-17-6-5-16-28-14-3-2-4-15-28/h7-13,18,22H,2-6,14-17H2,1H3,(H,27,29). The Hall–Kier alpha value is -2.66. The SMILES string of the molecule is Cc1cccc2c1C(C=Nc1ccc(OCCCCN3CCCCC3)cc1)C(=O)N2. The van der Waals surface area contributed by atoms with Crippen molar-refractivity contribution in [1.29, 1.82) is 0 Å². The Labute approximate surface area is 179 Å². The normalized spacial score (nSPS) is 19.1. The van der Waals surface area contributed by atoms with Gasteiger partial charge in [0.15, 0.2) is 0 Å². The average molecular weight is 406 g/mol. The van der Waals surface area contributed by atoms with E-state index in [4.69, 9.17) is 4.74 Å². The molecule has 0 bridgehead atoms. The molecule has 0 aliphatic carbocycles. The minimum absolute atomic E-state index is 0.0208. The second-order valence-electron chi connectivity index (χ2n) is 8.23. The molecule has 5 nitrogen and oxygen atoms in total. The summed E-state index contributed by atoms with van der Waals surface area (Å²) in [6.45, 7) is 6.48. The Morgan fingerprint density at radius 2 is 1.90 bits per heavy atom. The van der Waals surface area contributed by atoms with E-state index in [9.17, 15) is 4.79 Å². The largest absolute Gasteiger partial charge is 0.494 e. The van der Waals surface area contributed by atoms with Gasteiger partial charge in [-0.05, 0) is 93.7 Å². The second-order valence-corrected chi connectivity index (χ2v) is 8.23. The third-order valence-corrected chi connectivity index (χ3v) is 5.97. The van der Waals surface area contributed by atoms with E-state index in [0.717, 1.165) is 41.3 Å². The lowest BCUT2D eigenvalue weighted by molar-refractivity contribution is -0.115. The molecular formula is C25H31N3O2. The minimum atomic E-state index is -0.336. The van der Waals surface area contributed by atoms with E-state index in [2.05, 4.69) is 15.2 Å². The van der Waals surface area contributed by atoms with Crippen molar-refractivity contribution in [2.45, 2.75) is 44.9 Å². The number of likely N-dealkylation sites (tertiary alicyclic amines) is 1. The highest BCUT2D eigenvalue weighted by atomic mass is 16.5. The number of carbonyl (C=O) groups is 1. The Balaban J connectivity index is 1.24. The van der Waals surface area contributed by atoms with Crippen molar-refractivity contribution < 1.29 is 9.53 Å². The van der Waals surface area contributed by atoms with Crippen LogP contribution in [0.1, 0.15) is 49.1 Å². The fourth-order valence-corrected chi connectivity index (χ4v) is 4.29. The monoisotopic (exact) mass is 405 g/mol. The van der Waals surface area contributed by atoms with Crippen LogP contribution in [-0.2, 0) is 4.79 Å². The van der Waals surface area contributed by atoms with Gasteiger partial charge in [0.05, 0.1) is 12.3 Å². The summed E-state index contributed by atoms with van der Waals surface area (Å²) >= 11 is 0. The van der Waals surface area contributed by atoms with Crippen LogP contribution in [0.25, 0.3) is 0 Å². The van der Waals surface area contributed by atoms with Crippen LogP contribution >= 0.6 is 0 Å². The van der Waals surface area contributed by atoms with E-state index in [-0.39, 0.29) is 11.8 Å². The molecule has 1 N–H and O–H groups in total. The van der Waals surface area contributed by atoms with Gasteiger partial charge in [0, 0.05) is 11.9 Å². The predicted molar refractivity (Wildman–Crippen MR) is 122 cm³/mol.